The Balaban J connectivity index is 1.82. The lowest BCUT2D eigenvalue weighted by Gasteiger charge is -2.34. The van der Waals surface area contributed by atoms with Crippen LogP contribution >= 0.6 is 0 Å². The van der Waals surface area contributed by atoms with Gasteiger partial charge in [-0.15, -0.1) is 0 Å². The molecule has 1 atom stereocenters. The van der Waals surface area contributed by atoms with Crippen LogP contribution in [0.4, 0.5) is 5.69 Å². The summed E-state index contributed by atoms with van der Waals surface area (Å²) >= 11 is 0. The highest BCUT2D eigenvalue weighted by atomic mass is 15.2. The molecule has 6 nitrogen and oxygen atoms in total. The largest absolute Gasteiger partial charge is 0.369 e. The molecule has 0 spiro atoms. The SMILES string of the molecule is CN[C@H]1CCCN(c2ccnc3[nH]cc(-c4cnn(C)c4)c23)C1. The Bertz CT molecular complexity index is 817. The normalized spacial score (nSPS) is 18.7. The minimum atomic E-state index is 0.549. The van der Waals surface area contributed by atoms with Crippen molar-refractivity contribution in [3.8, 4) is 11.1 Å². The summed E-state index contributed by atoms with van der Waals surface area (Å²) in [4.78, 5) is 10.3. The van der Waals surface area contributed by atoms with Gasteiger partial charge in [0.1, 0.15) is 5.65 Å². The fourth-order valence-electron chi connectivity index (χ4n) is 3.52. The van der Waals surface area contributed by atoms with Crippen LogP contribution in [0, 0.1) is 0 Å². The zero-order chi connectivity index (χ0) is 15.8. The number of likely N-dealkylation sites (N-methyl/N-ethyl adjacent to an activating group) is 1. The Hall–Kier alpha value is -2.34. The summed E-state index contributed by atoms with van der Waals surface area (Å²) < 4.78 is 1.84. The van der Waals surface area contributed by atoms with Crippen LogP contribution in [0.3, 0.4) is 0 Å². The molecule has 1 saturated heterocycles. The number of aromatic nitrogens is 4. The molecule has 0 saturated carbocycles. The minimum absolute atomic E-state index is 0.549. The number of pyridine rings is 1. The zero-order valence-corrected chi connectivity index (χ0v) is 13.6. The van der Waals surface area contributed by atoms with Crippen LogP contribution in [0.15, 0.2) is 30.9 Å². The monoisotopic (exact) mass is 310 g/mol. The number of nitrogens with one attached hydrogen (secondary N) is 2. The van der Waals surface area contributed by atoms with E-state index < -0.39 is 0 Å². The van der Waals surface area contributed by atoms with Crippen LogP contribution in [0.1, 0.15) is 12.8 Å². The number of anilines is 1. The third-order valence-electron chi connectivity index (χ3n) is 4.74. The van der Waals surface area contributed by atoms with Gasteiger partial charge >= 0.3 is 0 Å². The number of aromatic amines is 1. The first kappa shape index (κ1) is 14.3. The molecule has 0 aromatic carbocycles. The standard InChI is InChI=1S/C17H22N6/c1-18-13-4-3-7-23(11-13)15-5-6-19-17-16(15)14(9-20-17)12-8-21-22(2)10-12/h5-6,8-10,13,18H,3-4,7,11H2,1-2H3,(H,19,20)/t13-/m0/s1. The van der Waals surface area contributed by atoms with Gasteiger partial charge in [-0.2, -0.15) is 5.10 Å². The van der Waals surface area contributed by atoms with E-state index in [4.69, 9.17) is 0 Å². The molecule has 4 heterocycles. The van der Waals surface area contributed by atoms with Gasteiger partial charge in [0, 0.05) is 61.6 Å². The van der Waals surface area contributed by atoms with E-state index in [2.05, 4.69) is 31.3 Å². The molecule has 1 aliphatic heterocycles. The maximum atomic E-state index is 4.50. The smallest absolute Gasteiger partial charge is 0.139 e. The molecular formula is C17H22N6. The van der Waals surface area contributed by atoms with Gasteiger partial charge in [-0.1, -0.05) is 0 Å². The van der Waals surface area contributed by atoms with E-state index in [9.17, 15) is 0 Å². The summed E-state index contributed by atoms with van der Waals surface area (Å²) in [6, 6.07) is 2.68. The molecule has 0 radical (unpaired) electrons. The Morgan fingerprint density at radius 2 is 2.30 bits per heavy atom. The van der Waals surface area contributed by atoms with Gasteiger partial charge in [0.25, 0.3) is 0 Å². The Morgan fingerprint density at radius 3 is 3.09 bits per heavy atom. The highest BCUT2D eigenvalue weighted by molar-refractivity contribution is 6.02. The van der Waals surface area contributed by atoms with Gasteiger partial charge in [0.2, 0.25) is 0 Å². The van der Waals surface area contributed by atoms with Crippen molar-refractivity contribution in [3.63, 3.8) is 0 Å². The summed E-state index contributed by atoms with van der Waals surface area (Å²) in [5.74, 6) is 0. The van der Waals surface area contributed by atoms with Crippen LogP contribution in [-0.2, 0) is 7.05 Å². The number of rotatable bonds is 3. The van der Waals surface area contributed by atoms with E-state index in [1.54, 1.807) is 0 Å². The summed E-state index contributed by atoms with van der Waals surface area (Å²) in [5, 5.41) is 8.91. The molecule has 120 valence electrons. The Morgan fingerprint density at radius 1 is 1.39 bits per heavy atom. The lowest BCUT2D eigenvalue weighted by molar-refractivity contribution is 0.450. The van der Waals surface area contributed by atoms with Gasteiger partial charge in [-0.25, -0.2) is 4.98 Å². The number of H-pyrrole nitrogens is 1. The molecule has 0 bridgehead atoms. The molecule has 23 heavy (non-hydrogen) atoms. The molecule has 3 aromatic heterocycles. The van der Waals surface area contributed by atoms with Crippen molar-refractivity contribution >= 4 is 16.7 Å². The fourth-order valence-corrected chi connectivity index (χ4v) is 3.52. The average Bonchev–Trinajstić information content (AvgIpc) is 3.20. The van der Waals surface area contributed by atoms with Crippen molar-refractivity contribution in [2.75, 3.05) is 25.0 Å². The van der Waals surface area contributed by atoms with Gasteiger partial charge in [0.15, 0.2) is 0 Å². The molecule has 3 aromatic rings. The van der Waals surface area contributed by atoms with Crippen LogP contribution in [0.5, 0.6) is 0 Å². The molecule has 1 fully saturated rings. The highest BCUT2D eigenvalue weighted by Gasteiger charge is 2.22. The number of nitrogens with zero attached hydrogens (tertiary/aromatic N) is 4. The lowest BCUT2D eigenvalue weighted by Crippen LogP contribution is -2.44. The summed E-state index contributed by atoms with van der Waals surface area (Å²) in [6.07, 6.45) is 10.3. The van der Waals surface area contributed by atoms with E-state index in [1.165, 1.54) is 29.5 Å². The van der Waals surface area contributed by atoms with Crippen LogP contribution in [0.2, 0.25) is 0 Å². The van der Waals surface area contributed by atoms with Gasteiger partial charge in [0.05, 0.1) is 11.6 Å². The molecule has 1 aliphatic rings. The van der Waals surface area contributed by atoms with Crippen molar-refractivity contribution in [1.29, 1.82) is 0 Å². The third kappa shape index (κ3) is 2.49. The maximum absolute atomic E-state index is 4.50. The topological polar surface area (TPSA) is 61.8 Å². The predicted molar refractivity (Wildman–Crippen MR) is 92.6 cm³/mol. The van der Waals surface area contributed by atoms with Crippen molar-refractivity contribution in [3.05, 3.63) is 30.9 Å². The molecule has 0 amide bonds. The molecule has 2 N–H and O–H groups in total. The number of piperidine rings is 1. The van der Waals surface area contributed by atoms with Crippen molar-refractivity contribution in [2.24, 2.45) is 7.05 Å². The average molecular weight is 310 g/mol. The zero-order valence-electron chi connectivity index (χ0n) is 13.6. The molecule has 0 unspecified atom stereocenters. The van der Waals surface area contributed by atoms with Crippen molar-refractivity contribution in [2.45, 2.75) is 18.9 Å². The first-order valence-corrected chi connectivity index (χ1v) is 8.13. The fraction of sp³-hybridized carbons (Fsp3) is 0.412. The summed E-state index contributed by atoms with van der Waals surface area (Å²) in [7, 11) is 3.99. The van der Waals surface area contributed by atoms with Gasteiger partial charge in [-0.05, 0) is 26.0 Å². The first-order valence-electron chi connectivity index (χ1n) is 8.13. The second kappa shape index (κ2) is 5.70. The number of aryl methyl sites for hydroxylation is 1. The van der Waals surface area contributed by atoms with Gasteiger partial charge in [-0.3, -0.25) is 4.68 Å². The molecular weight excluding hydrogens is 288 g/mol. The quantitative estimate of drug-likeness (QED) is 0.778. The summed E-state index contributed by atoms with van der Waals surface area (Å²) in [5.41, 5.74) is 4.49. The lowest BCUT2D eigenvalue weighted by atomic mass is 10.0. The van der Waals surface area contributed by atoms with Gasteiger partial charge < -0.3 is 15.2 Å². The van der Waals surface area contributed by atoms with Crippen molar-refractivity contribution < 1.29 is 0 Å². The van der Waals surface area contributed by atoms with Crippen LogP contribution < -0.4 is 10.2 Å². The number of hydrogen-bond acceptors (Lipinski definition) is 4. The van der Waals surface area contributed by atoms with Crippen LogP contribution in [-0.4, -0.2) is 45.9 Å². The Kier molecular flexibility index (Phi) is 3.53. The van der Waals surface area contributed by atoms with Crippen molar-refractivity contribution in [1.82, 2.24) is 25.1 Å². The second-order valence-corrected chi connectivity index (χ2v) is 6.23. The second-order valence-electron chi connectivity index (χ2n) is 6.23. The highest BCUT2D eigenvalue weighted by Crippen LogP contribution is 2.35. The maximum Gasteiger partial charge on any atom is 0.139 e. The first-order chi connectivity index (χ1) is 11.3. The van der Waals surface area contributed by atoms with E-state index in [0.29, 0.717) is 6.04 Å². The van der Waals surface area contributed by atoms with E-state index in [-0.39, 0.29) is 0 Å². The minimum Gasteiger partial charge on any atom is -0.369 e. The number of fused-ring (bicyclic) bond motifs is 1. The number of hydrogen-bond donors (Lipinski definition) is 2. The molecule has 6 heteroatoms. The van der Waals surface area contributed by atoms with Crippen LogP contribution in [0.25, 0.3) is 22.2 Å². The van der Waals surface area contributed by atoms with E-state index in [0.717, 1.165) is 24.3 Å². The molecule has 0 aliphatic carbocycles. The molecule has 4 rings (SSSR count). The third-order valence-corrected chi connectivity index (χ3v) is 4.74. The predicted octanol–water partition coefficient (Wildman–Crippen LogP) is 2.15. The summed E-state index contributed by atoms with van der Waals surface area (Å²) in [6.45, 7) is 2.13. The van der Waals surface area contributed by atoms with E-state index >= 15 is 0 Å². The van der Waals surface area contributed by atoms with E-state index in [1.807, 2.05) is 43.6 Å². The Labute approximate surface area is 135 Å².